The van der Waals surface area contributed by atoms with Gasteiger partial charge in [-0.25, -0.2) is 0 Å². The summed E-state index contributed by atoms with van der Waals surface area (Å²) < 4.78 is 16.4. The Morgan fingerprint density at radius 1 is 0.478 bits per heavy atom. The third-order valence-corrected chi connectivity index (χ3v) is 3.50. The van der Waals surface area contributed by atoms with Crippen LogP contribution in [-0.4, -0.2) is 65.8 Å². The molecule has 140 valence electrons. The third kappa shape index (κ3) is 21.8. The smallest absolute Gasteiger partial charge is 0.0701 e. The van der Waals surface area contributed by atoms with Gasteiger partial charge in [0.15, 0.2) is 0 Å². The van der Waals surface area contributed by atoms with Crippen molar-refractivity contribution in [1.82, 2.24) is 10.6 Å². The highest BCUT2D eigenvalue weighted by molar-refractivity contribution is 4.48. The average molecular weight is 333 g/mol. The molecule has 0 heterocycles. The Kier molecular flexibility index (Phi) is 21.6. The molecule has 0 atom stereocenters. The summed E-state index contributed by atoms with van der Waals surface area (Å²) in [5.74, 6) is 0. The number of hydrogen-bond acceptors (Lipinski definition) is 5. The second-order valence-corrected chi connectivity index (χ2v) is 5.75. The van der Waals surface area contributed by atoms with Crippen LogP contribution in [0.5, 0.6) is 0 Å². The first kappa shape index (κ1) is 22.8. The zero-order valence-electron chi connectivity index (χ0n) is 15.5. The minimum absolute atomic E-state index is 0.647. The van der Waals surface area contributed by atoms with Gasteiger partial charge in [0.1, 0.15) is 0 Å². The number of rotatable bonds is 20. The van der Waals surface area contributed by atoms with E-state index in [1.165, 1.54) is 38.5 Å². The number of ether oxygens (including phenoxy) is 3. The molecule has 23 heavy (non-hydrogen) atoms. The SMILES string of the molecule is CCCCCNCCOCCOCCOCCNCCCCC. The lowest BCUT2D eigenvalue weighted by molar-refractivity contribution is 0.0157. The summed E-state index contributed by atoms with van der Waals surface area (Å²) in [6.07, 6.45) is 7.67. The van der Waals surface area contributed by atoms with Crippen molar-refractivity contribution >= 4 is 0 Å². The Hall–Kier alpha value is -0.200. The Balaban J connectivity index is 2.92. The minimum Gasteiger partial charge on any atom is -0.378 e. The molecule has 0 aliphatic rings. The molecule has 0 amide bonds. The Bertz CT molecular complexity index is 187. The van der Waals surface area contributed by atoms with Crippen LogP contribution in [0.1, 0.15) is 52.4 Å². The molecule has 0 aromatic rings. The molecular formula is C18H40N2O3. The fourth-order valence-electron chi connectivity index (χ4n) is 2.08. The van der Waals surface area contributed by atoms with E-state index in [-0.39, 0.29) is 0 Å². The molecule has 0 saturated heterocycles. The summed E-state index contributed by atoms with van der Waals surface area (Å²) in [6, 6.07) is 0. The van der Waals surface area contributed by atoms with E-state index in [0.717, 1.165) is 39.4 Å². The van der Waals surface area contributed by atoms with Crippen LogP contribution in [0.3, 0.4) is 0 Å². The predicted molar refractivity (Wildman–Crippen MR) is 97.2 cm³/mol. The molecule has 0 aromatic carbocycles. The van der Waals surface area contributed by atoms with Crippen LogP contribution in [0, 0.1) is 0 Å². The van der Waals surface area contributed by atoms with Crippen LogP contribution < -0.4 is 10.6 Å². The lowest BCUT2D eigenvalue weighted by Gasteiger charge is -2.08. The Morgan fingerprint density at radius 2 is 0.870 bits per heavy atom. The third-order valence-electron chi connectivity index (χ3n) is 3.50. The molecule has 5 heteroatoms. The highest BCUT2D eigenvalue weighted by Crippen LogP contribution is 1.91. The quantitative estimate of drug-likeness (QED) is 0.336. The van der Waals surface area contributed by atoms with Gasteiger partial charge in [-0.1, -0.05) is 39.5 Å². The lowest BCUT2D eigenvalue weighted by Crippen LogP contribution is -2.22. The first-order valence-electron chi connectivity index (χ1n) is 9.56. The number of nitrogens with one attached hydrogen (secondary N) is 2. The van der Waals surface area contributed by atoms with E-state index >= 15 is 0 Å². The molecule has 0 aromatic heterocycles. The van der Waals surface area contributed by atoms with Crippen LogP contribution in [0.2, 0.25) is 0 Å². The first-order valence-corrected chi connectivity index (χ1v) is 9.56. The molecule has 0 aliphatic heterocycles. The Morgan fingerprint density at radius 3 is 1.26 bits per heavy atom. The van der Waals surface area contributed by atoms with Crippen molar-refractivity contribution in [3.05, 3.63) is 0 Å². The van der Waals surface area contributed by atoms with E-state index in [0.29, 0.717) is 26.4 Å². The number of hydrogen-bond donors (Lipinski definition) is 2. The molecule has 0 spiro atoms. The lowest BCUT2D eigenvalue weighted by atomic mass is 10.2. The highest BCUT2D eigenvalue weighted by atomic mass is 16.5. The maximum atomic E-state index is 5.49. The molecule has 0 radical (unpaired) electrons. The van der Waals surface area contributed by atoms with Crippen molar-refractivity contribution in [2.45, 2.75) is 52.4 Å². The van der Waals surface area contributed by atoms with E-state index in [4.69, 9.17) is 14.2 Å². The molecule has 0 unspecified atom stereocenters. The Labute approximate surface area is 143 Å². The second kappa shape index (κ2) is 21.8. The van der Waals surface area contributed by atoms with Crippen molar-refractivity contribution in [3.8, 4) is 0 Å². The number of unbranched alkanes of at least 4 members (excludes halogenated alkanes) is 4. The minimum atomic E-state index is 0.647. The van der Waals surface area contributed by atoms with Crippen molar-refractivity contribution < 1.29 is 14.2 Å². The van der Waals surface area contributed by atoms with Gasteiger partial charge < -0.3 is 24.8 Å². The first-order chi connectivity index (χ1) is 11.4. The molecule has 0 saturated carbocycles. The normalized spacial score (nSPS) is 11.2. The summed E-state index contributed by atoms with van der Waals surface area (Å²) in [6.45, 7) is 12.6. The van der Waals surface area contributed by atoms with Crippen molar-refractivity contribution in [3.63, 3.8) is 0 Å². The van der Waals surface area contributed by atoms with Crippen molar-refractivity contribution in [1.29, 1.82) is 0 Å². The van der Waals surface area contributed by atoms with Crippen LogP contribution >= 0.6 is 0 Å². The summed E-state index contributed by atoms with van der Waals surface area (Å²) in [4.78, 5) is 0. The fraction of sp³-hybridized carbons (Fsp3) is 1.00. The van der Waals surface area contributed by atoms with Gasteiger partial charge in [-0.3, -0.25) is 0 Å². The topological polar surface area (TPSA) is 51.8 Å². The fourth-order valence-corrected chi connectivity index (χ4v) is 2.08. The van der Waals surface area contributed by atoms with Gasteiger partial charge in [0.05, 0.1) is 39.6 Å². The molecule has 0 fully saturated rings. The van der Waals surface area contributed by atoms with E-state index < -0.39 is 0 Å². The van der Waals surface area contributed by atoms with Crippen LogP contribution in [0.4, 0.5) is 0 Å². The molecular weight excluding hydrogens is 292 g/mol. The van der Waals surface area contributed by atoms with E-state index in [2.05, 4.69) is 24.5 Å². The van der Waals surface area contributed by atoms with Gasteiger partial charge in [-0.2, -0.15) is 0 Å². The molecule has 0 aliphatic carbocycles. The summed E-state index contributed by atoms with van der Waals surface area (Å²) in [7, 11) is 0. The second-order valence-electron chi connectivity index (χ2n) is 5.75. The monoisotopic (exact) mass is 332 g/mol. The summed E-state index contributed by atoms with van der Waals surface area (Å²) in [5.41, 5.74) is 0. The predicted octanol–water partition coefficient (Wildman–Crippen LogP) is 2.60. The highest BCUT2D eigenvalue weighted by Gasteiger charge is 1.93. The summed E-state index contributed by atoms with van der Waals surface area (Å²) in [5, 5.41) is 6.75. The maximum Gasteiger partial charge on any atom is 0.0701 e. The van der Waals surface area contributed by atoms with E-state index in [1.807, 2.05) is 0 Å². The van der Waals surface area contributed by atoms with E-state index in [1.54, 1.807) is 0 Å². The standard InChI is InChI=1S/C18H40N2O3/c1-3-5-7-9-19-11-13-21-15-17-23-18-16-22-14-12-20-10-8-6-4-2/h19-20H,3-18H2,1-2H3. The maximum absolute atomic E-state index is 5.49. The van der Waals surface area contributed by atoms with Gasteiger partial charge in [-0.15, -0.1) is 0 Å². The van der Waals surface area contributed by atoms with Gasteiger partial charge in [0, 0.05) is 13.1 Å². The van der Waals surface area contributed by atoms with Gasteiger partial charge in [0.2, 0.25) is 0 Å². The van der Waals surface area contributed by atoms with E-state index in [9.17, 15) is 0 Å². The largest absolute Gasteiger partial charge is 0.378 e. The van der Waals surface area contributed by atoms with Crippen LogP contribution in [0.15, 0.2) is 0 Å². The average Bonchev–Trinajstić information content (AvgIpc) is 2.57. The molecule has 5 nitrogen and oxygen atoms in total. The zero-order valence-corrected chi connectivity index (χ0v) is 15.5. The van der Waals surface area contributed by atoms with Crippen LogP contribution in [0.25, 0.3) is 0 Å². The van der Waals surface area contributed by atoms with Gasteiger partial charge in [0.25, 0.3) is 0 Å². The molecule has 2 N–H and O–H groups in total. The molecule has 0 bridgehead atoms. The zero-order chi connectivity index (χ0) is 16.8. The van der Waals surface area contributed by atoms with Crippen molar-refractivity contribution in [2.75, 3.05) is 65.8 Å². The van der Waals surface area contributed by atoms with Crippen LogP contribution in [-0.2, 0) is 14.2 Å². The van der Waals surface area contributed by atoms with Crippen molar-refractivity contribution in [2.24, 2.45) is 0 Å². The van der Waals surface area contributed by atoms with Gasteiger partial charge in [-0.05, 0) is 25.9 Å². The molecule has 0 rings (SSSR count). The summed E-state index contributed by atoms with van der Waals surface area (Å²) >= 11 is 0. The van der Waals surface area contributed by atoms with Gasteiger partial charge >= 0.3 is 0 Å².